The second-order valence-corrected chi connectivity index (χ2v) is 7.09. The minimum atomic E-state index is 0.109. The second kappa shape index (κ2) is 7.26. The number of likely N-dealkylation sites (tertiary alicyclic amines) is 1. The summed E-state index contributed by atoms with van der Waals surface area (Å²) in [5.74, 6) is 1.09. The van der Waals surface area contributed by atoms with Crippen LogP contribution in [0.2, 0.25) is 0 Å². The number of hydrogen-bond donors (Lipinski definition) is 1. The third-order valence-corrected chi connectivity index (χ3v) is 5.43. The first-order chi connectivity index (χ1) is 12.3. The lowest BCUT2D eigenvalue weighted by Crippen LogP contribution is -2.39. The van der Waals surface area contributed by atoms with Gasteiger partial charge in [0.1, 0.15) is 5.82 Å². The minimum Gasteiger partial charge on any atom is -0.367 e. The molecule has 1 unspecified atom stereocenters. The van der Waals surface area contributed by atoms with Crippen molar-refractivity contribution in [2.75, 3.05) is 11.9 Å². The number of rotatable bonds is 4. The summed E-state index contributed by atoms with van der Waals surface area (Å²) >= 11 is 0. The topological polar surface area (TPSA) is 45.2 Å². The number of amides is 1. The molecule has 1 saturated carbocycles. The standard InChI is InChI=1S/C21H25N3O/c25-21(16-8-2-1-3-9-16)24-15-5-4-13-19(24)18-12-7-14-22-20(18)23-17-10-6-11-17/h1-3,7-9,12,14,17,19H,4-6,10-11,13,15H2,(H,22,23). The van der Waals surface area contributed by atoms with Gasteiger partial charge >= 0.3 is 0 Å². The van der Waals surface area contributed by atoms with Crippen molar-refractivity contribution in [1.82, 2.24) is 9.88 Å². The molecular formula is C21H25N3O. The lowest BCUT2D eigenvalue weighted by Gasteiger charge is -2.37. The van der Waals surface area contributed by atoms with Crippen LogP contribution in [0, 0.1) is 0 Å². The summed E-state index contributed by atoms with van der Waals surface area (Å²) in [4.78, 5) is 19.7. The van der Waals surface area contributed by atoms with Gasteiger partial charge in [-0.15, -0.1) is 0 Å². The molecule has 4 nitrogen and oxygen atoms in total. The maximum Gasteiger partial charge on any atom is 0.254 e. The zero-order valence-electron chi connectivity index (χ0n) is 14.5. The van der Waals surface area contributed by atoms with Gasteiger partial charge in [0.25, 0.3) is 5.91 Å². The van der Waals surface area contributed by atoms with Crippen molar-refractivity contribution in [3.8, 4) is 0 Å². The normalized spacial score (nSPS) is 20.8. The van der Waals surface area contributed by atoms with E-state index in [1.807, 2.05) is 47.5 Å². The van der Waals surface area contributed by atoms with Crippen molar-refractivity contribution in [1.29, 1.82) is 0 Å². The molecule has 1 aromatic carbocycles. The summed E-state index contributed by atoms with van der Waals surface area (Å²) in [6.45, 7) is 0.816. The van der Waals surface area contributed by atoms with E-state index in [1.165, 1.54) is 24.8 Å². The third kappa shape index (κ3) is 3.39. The van der Waals surface area contributed by atoms with Gasteiger partial charge in [-0.05, 0) is 56.7 Å². The molecule has 0 bridgehead atoms. The number of piperidine rings is 1. The van der Waals surface area contributed by atoms with Gasteiger partial charge in [0.15, 0.2) is 0 Å². The van der Waals surface area contributed by atoms with E-state index >= 15 is 0 Å². The molecular weight excluding hydrogens is 310 g/mol. The lowest BCUT2D eigenvalue weighted by molar-refractivity contribution is 0.0612. The summed E-state index contributed by atoms with van der Waals surface area (Å²) in [6.07, 6.45) is 8.80. The van der Waals surface area contributed by atoms with Crippen molar-refractivity contribution in [3.05, 3.63) is 59.8 Å². The summed E-state index contributed by atoms with van der Waals surface area (Å²) in [6, 6.07) is 14.4. The molecule has 2 heterocycles. The fourth-order valence-electron chi connectivity index (χ4n) is 3.80. The molecule has 1 atom stereocenters. The molecule has 2 aliphatic rings. The van der Waals surface area contributed by atoms with E-state index < -0.39 is 0 Å². The van der Waals surface area contributed by atoms with Crippen molar-refractivity contribution in [2.24, 2.45) is 0 Å². The van der Waals surface area contributed by atoms with Crippen LogP contribution in [0.1, 0.15) is 60.5 Å². The van der Waals surface area contributed by atoms with E-state index in [0.29, 0.717) is 6.04 Å². The molecule has 1 N–H and O–H groups in total. The highest BCUT2D eigenvalue weighted by atomic mass is 16.2. The number of hydrogen-bond acceptors (Lipinski definition) is 3. The van der Waals surface area contributed by atoms with Gasteiger partial charge in [-0.1, -0.05) is 24.3 Å². The van der Waals surface area contributed by atoms with Gasteiger partial charge in [-0.25, -0.2) is 4.98 Å². The molecule has 2 aromatic rings. The lowest BCUT2D eigenvalue weighted by atomic mass is 9.91. The van der Waals surface area contributed by atoms with Gasteiger partial charge in [0.05, 0.1) is 6.04 Å². The van der Waals surface area contributed by atoms with Crippen LogP contribution in [0.4, 0.5) is 5.82 Å². The van der Waals surface area contributed by atoms with Crippen molar-refractivity contribution >= 4 is 11.7 Å². The van der Waals surface area contributed by atoms with E-state index in [4.69, 9.17) is 0 Å². The van der Waals surface area contributed by atoms with E-state index in [9.17, 15) is 4.79 Å². The van der Waals surface area contributed by atoms with Gasteiger partial charge in [0, 0.05) is 29.9 Å². The molecule has 2 fully saturated rings. The van der Waals surface area contributed by atoms with Crippen LogP contribution in [0.5, 0.6) is 0 Å². The second-order valence-electron chi connectivity index (χ2n) is 7.09. The first-order valence-corrected chi connectivity index (χ1v) is 9.40. The van der Waals surface area contributed by atoms with Gasteiger partial charge in [0.2, 0.25) is 0 Å². The molecule has 4 rings (SSSR count). The Labute approximate surface area is 149 Å². The number of anilines is 1. The summed E-state index contributed by atoms with van der Waals surface area (Å²) < 4.78 is 0. The molecule has 130 valence electrons. The van der Waals surface area contributed by atoms with Crippen LogP contribution in [0.15, 0.2) is 48.7 Å². The highest BCUT2D eigenvalue weighted by Gasteiger charge is 2.31. The summed E-state index contributed by atoms with van der Waals surface area (Å²) in [5, 5.41) is 3.59. The number of pyridine rings is 1. The van der Waals surface area contributed by atoms with Crippen LogP contribution >= 0.6 is 0 Å². The quantitative estimate of drug-likeness (QED) is 0.900. The number of benzene rings is 1. The van der Waals surface area contributed by atoms with Gasteiger partial charge < -0.3 is 10.2 Å². The number of aromatic nitrogens is 1. The molecule has 25 heavy (non-hydrogen) atoms. The summed E-state index contributed by atoms with van der Waals surface area (Å²) in [7, 11) is 0. The van der Waals surface area contributed by atoms with E-state index in [2.05, 4.69) is 16.4 Å². The zero-order valence-corrected chi connectivity index (χ0v) is 14.5. The number of nitrogens with zero attached hydrogens (tertiary/aromatic N) is 2. The van der Waals surface area contributed by atoms with Crippen LogP contribution in [0.25, 0.3) is 0 Å². The van der Waals surface area contributed by atoms with Crippen molar-refractivity contribution < 1.29 is 4.79 Å². The first kappa shape index (κ1) is 16.1. The number of carbonyl (C=O) groups is 1. The van der Waals surface area contributed by atoms with Crippen molar-refractivity contribution in [2.45, 2.75) is 50.6 Å². The molecule has 1 aliphatic carbocycles. The Kier molecular flexibility index (Phi) is 4.68. The Balaban J connectivity index is 1.62. The molecule has 1 saturated heterocycles. The molecule has 1 aliphatic heterocycles. The Morgan fingerprint density at radius 3 is 2.60 bits per heavy atom. The van der Waals surface area contributed by atoms with E-state index in [-0.39, 0.29) is 11.9 Å². The SMILES string of the molecule is O=C(c1ccccc1)N1CCCCC1c1cccnc1NC1CCC1. The maximum atomic E-state index is 13.1. The van der Waals surface area contributed by atoms with Crippen LogP contribution in [-0.2, 0) is 0 Å². The molecule has 0 radical (unpaired) electrons. The summed E-state index contributed by atoms with van der Waals surface area (Å²) in [5.41, 5.74) is 1.94. The Hall–Kier alpha value is -2.36. The van der Waals surface area contributed by atoms with Crippen LogP contribution in [0.3, 0.4) is 0 Å². The average molecular weight is 335 g/mol. The highest BCUT2D eigenvalue weighted by Crippen LogP contribution is 2.36. The maximum absolute atomic E-state index is 13.1. The molecule has 4 heteroatoms. The first-order valence-electron chi connectivity index (χ1n) is 9.40. The fourth-order valence-corrected chi connectivity index (χ4v) is 3.80. The number of nitrogens with one attached hydrogen (secondary N) is 1. The predicted octanol–water partition coefficient (Wildman–Crippen LogP) is 4.41. The predicted molar refractivity (Wildman–Crippen MR) is 99.6 cm³/mol. The Bertz CT molecular complexity index is 727. The average Bonchev–Trinajstić information content (AvgIpc) is 2.65. The fraction of sp³-hybridized carbons (Fsp3) is 0.429. The minimum absolute atomic E-state index is 0.109. The van der Waals surface area contributed by atoms with E-state index in [1.54, 1.807) is 0 Å². The highest BCUT2D eigenvalue weighted by molar-refractivity contribution is 5.94. The zero-order chi connectivity index (χ0) is 17.1. The van der Waals surface area contributed by atoms with E-state index in [0.717, 1.165) is 37.2 Å². The Morgan fingerprint density at radius 1 is 1.00 bits per heavy atom. The van der Waals surface area contributed by atoms with Crippen LogP contribution in [-0.4, -0.2) is 28.4 Å². The third-order valence-electron chi connectivity index (χ3n) is 5.43. The van der Waals surface area contributed by atoms with Crippen molar-refractivity contribution in [3.63, 3.8) is 0 Å². The molecule has 1 aromatic heterocycles. The smallest absolute Gasteiger partial charge is 0.254 e. The number of carbonyl (C=O) groups excluding carboxylic acids is 1. The van der Waals surface area contributed by atoms with Crippen LogP contribution < -0.4 is 5.32 Å². The monoisotopic (exact) mass is 335 g/mol. The largest absolute Gasteiger partial charge is 0.367 e. The molecule has 0 spiro atoms. The van der Waals surface area contributed by atoms with Gasteiger partial charge in [-0.3, -0.25) is 4.79 Å². The molecule has 1 amide bonds. The van der Waals surface area contributed by atoms with Gasteiger partial charge in [-0.2, -0.15) is 0 Å². The Morgan fingerprint density at radius 2 is 1.84 bits per heavy atom.